The van der Waals surface area contributed by atoms with E-state index >= 15 is 0 Å². The monoisotopic (exact) mass is 1130 g/mol. The number of aromatic nitrogens is 2. The average molecular weight is 1130 g/mol. The number of imidazole rings is 1. The summed E-state index contributed by atoms with van der Waals surface area (Å²) in [5.41, 5.74) is 23.6. The molecule has 1 fully saturated rings. The largest absolute Gasteiger partial charge is 0.480 e. The fourth-order valence-electron chi connectivity index (χ4n) is 8.11. The van der Waals surface area contributed by atoms with Crippen LogP contribution in [0.4, 0.5) is 0 Å². The van der Waals surface area contributed by atoms with Gasteiger partial charge in [-0.3, -0.25) is 52.9 Å². The molecule has 0 radical (unpaired) electrons. The third kappa shape index (κ3) is 22.9. The van der Waals surface area contributed by atoms with Crippen LogP contribution in [0.25, 0.3) is 0 Å². The number of carbonyl (C=O) groups is 10. The molecule has 9 amide bonds. The molecule has 1 unspecified atom stereocenters. The summed E-state index contributed by atoms with van der Waals surface area (Å²) >= 11 is 0. The van der Waals surface area contributed by atoms with Gasteiger partial charge in [0.25, 0.3) is 0 Å². The zero-order valence-electron chi connectivity index (χ0n) is 45.9. The fraction of sp³-hybridized carbons (Fsp3) is 0.608. The van der Waals surface area contributed by atoms with Crippen molar-refractivity contribution in [1.82, 2.24) is 57.4 Å². The number of carbonyl (C=O) groups excluding carboxylic acids is 9. The number of benzene rings is 1. The highest BCUT2D eigenvalue weighted by Gasteiger charge is 2.40. The summed E-state index contributed by atoms with van der Waals surface area (Å²) in [5, 5.41) is 50.9. The zero-order valence-corrected chi connectivity index (χ0v) is 45.9. The molecule has 444 valence electrons. The molecule has 1 aliphatic carbocycles. The number of carboxylic acid groups (broad SMARTS) is 1. The summed E-state index contributed by atoms with van der Waals surface area (Å²) in [6.45, 7) is 6.23. The number of carboxylic acids is 1. The minimum Gasteiger partial charge on any atom is -0.480 e. The van der Waals surface area contributed by atoms with Crippen LogP contribution in [-0.2, 0) is 60.8 Å². The van der Waals surface area contributed by atoms with E-state index in [1.54, 1.807) is 32.0 Å². The summed E-state index contributed by atoms with van der Waals surface area (Å²) in [6, 6.07) is -2.30. The third-order valence-corrected chi connectivity index (χ3v) is 13.1. The minimum atomic E-state index is -1.83. The minimum absolute atomic E-state index is 0.0101. The second-order valence-electron chi connectivity index (χ2n) is 19.9. The number of H-pyrrole nitrogens is 1. The first kappa shape index (κ1) is 66.5. The van der Waals surface area contributed by atoms with Crippen molar-refractivity contribution in [1.29, 1.82) is 0 Å². The quantitative estimate of drug-likeness (QED) is 0.0173. The Morgan fingerprint density at radius 3 is 1.89 bits per heavy atom. The van der Waals surface area contributed by atoms with Gasteiger partial charge in [-0.05, 0) is 90.2 Å². The molecule has 3 rings (SSSR count). The molecule has 1 aliphatic rings. The highest BCUT2D eigenvalue weighted by atomic mass is 16.4. The van der Waals surface area contributed by atoms with E-state index in [4.69, 9.17) is 22.9 Å². The molecule has 1 aromatic heterocycles. The number of aliphatic hydroxyl groups is 2. The number of amides is 9. The van der Waals surface area contributed by atoms with Crippen molar-refractivity contribution >= 4 is 65.1 Å². The molecular formula is C51H82N16O13. The predicted molar refractivity (Wildman–Crippen MR) is 291 cm³/mol. The molecule has 0 saturated heterocycles. The first-order chi connectivity index (χ1) is 37.9. The van der Waals surface area contributed by atoms with E-state index in [9.17, 15) is 63.3 Å². The van der Waals surface area contributed by atoms with Gasteiger partial charge < -0.3 is 90.7 Å². The van der Waals surface area contributed by atoms with Crippen LogP contribution in [0, 0.1) is 5.92 Å². The van der Waals surface area contributed by atoms with Gasteiger partial charge in [0, 0.05) is 30.9 Å². The van der Waals surface area contributed by atoms with Crippen molar-refractivity contribution in [3.05, 3.63) is 54.1 Å². The van der Waals surface area contributed by atoms with Gasteiger partial charge in [-0.25, -0.2) is 4.98 Å². The number of nitrogens with zero attached hydrogens (tertiary/aromatic N) is 3. The van der Waals surface area contributed by atoms with Crippen LogP contribution in [0.15, 0.2) is 47.8 Å². The second kappa shape index (κ2) is 33.6. The van der Waals surface area contributed by atoms with Crippen LogP contribution in [-0.4, -0.2) is 188 Å². The van der Waals surface area contributed by atoms with Crippen LogP contribution >= 0.6 is 0 Å². The summed E-state index contributed by atoms with van der Waals surface area (Å²) in [7, 11) is 0. The molecule has 1 saturated carbocycles. The molecule has 1 heterocycles. The van der Waals surface area contributed by atoms with Crippen LogP contribution in [0.1, 0.15) is 97.2 Å². The Morgan fingerprint density at radius 1 is 0.725 bits per heavy atom. The van der Waals surface area contributed by atoms with Crippen molar-refractivity contribution in [2.45, 2.75) is 165 Å². The van der Waals surface area contributed by atoms with Crippen molar-refractivity contribution in [2.24, 2.45) is 33.8 Å². The Balaban J connectivity index is 1.75. The Morgan fingerprint density at radius 2 is 1.31 bits per heavy atom. The number of nitrogens with one attached hydrogen (secondary N) is 9. The number of aryl methyl sites for hydroxylation is 1. The molecule has 0 aliphatic heterocycles. The van der Waals surface area contributed by atoms with Gasteiger partial charge in [0.15, 0.2) is 5.96 Å². The lowest BCUT2D eigenvalue weighted by Crippen LogP contribution is -2.62. The number of rotatable bonds is 36. The number of guanidine groups is 1. The summed E-state index contributed by atoms with van der Waals surface area (Å²) in [6.07, 6.45) is 1.95. The van der Waals surface area contributed by atoms with Crippen molar-refractivity contribution in [3.63, 3.8) is 0 Å². The number of hydrogen-bond acceptors (Lipinski definition) is 16. The fourth-order valence-corrected chi connectivity index (χ4v) is 8.11. The average Bonchev–Trinajstić information content (AvgIpc) is 4.13. The predicted octanol–water partition coefficient (Wildman–Crippen LogP) is -4.88. The number of aliphatic imine (C=N–C) groups is 1. The lowest BCUT2D eigenvalue weighted by atomic mass is 9.96. The first-order valence-corrected chi connectivity index (χ1v) is 26.7. The van der Waals surface area contributed by atoms with Gasteiger partial charge >= 0.3 is 5.97 Å². The van der Waals surface area contributed by atoms with E-state index in [2.05, 4.69) is 57.5 Å². The summed E-state index contributed by atoms with van der Waals surface area (Å²) in [5.74, 6) is -9.51. The SMILES string of the molecule is CCC(C)[C@H](NC(=O)[C@H](CCCN)NC(=O)CNC(=O)[C@@H](NC(=O)[C@@H](NC(=O)[C@H](Cc1cnc[nH]1)NC(=O)[C@H](CCc1ccccc1)NC(=O)[C@H](C)NC(=O)[C@@H](N)CCCN=C(N)N)[C@@H](C)O)[C@@H](C)O)C(=O)N(CC(=O)O)C1CC1. The first-order valence-electron chi connectivity index (χ1n) is 26.7. The maximum absolute atomic E-state index is 14.2. The van der Waals surface area contributed by atoms with Crippen molar-refractivity contribution in [2.75, 3.05) is 26.2 Å². The normalized spacial score (nSPS) is 16.1. The smallest absolute Gasteiger partial charge is 0.323 e. The molecule has 20 N–H and O–H groups in total. The molecule has 11 atom stereocenters. The van der Waals surface area contributed by atoms with E-state index in [1.807, 2.05) is 12.1 Å². The molecule has 80 heavy (non-hydrogen) atoms. The van der Waals surface area contributed by atoms with E-state index in [0.717, 1.165) is 19.4 Å². The van der Waals surface area contributed by atoms with Gasteiger partial charge in [0.2, 0.25) is 53.2 Å². The van der Waals surface area contributed by atoms with Gasteiger partial charge in [0.1, 0.15) is 48.8 Å². The molecular weight excluding hydrogens is 1040 g/mol. The van der Waals surface area contributed by atoms with Crippen LogP contribution in [0.3, 0.4) is 0 Å². The van der Waals surface area contributed by atoms with E-state index in [0.29, 0.717) is 31.4 Å². The summed E-state index contributed by atoms with van der Waals surface area (Å²) in [4.78, 5) is 146. The third-order valence-electron chi connectivity index (χ3n) is 13.1. The van der Waals surface area contributed by atoms with Gasteiger partial charge in [-0.1, -0.05) is 50.6 Å². The van der Waals surface area contributed by atoms with Gasteiger partial charge in [-0.15, -0.1) is 0 Å². The molecule has 1 aromatic carbocycles. The molecule has 29 heteroatoms. The molecule has 29 nitrogen and oxygen atoms in total. The zero-order chi connectivity index (χ0) is 59.6. The van der Waals surface area contributed by atoms with Crippen molar-refractivity contribution in [3.8, 4) is 0 Å². The highest BCUT2D eigenvalue weighted by molar-refractivity contribution is 5.98. The van der Waals surface area contributed by atoms with Crippen LogP contribution in [0.5, 0.6) is 0 Å². The van der Waals surface area contributed by atoms with Gasteiger partial charge in [0.05, 0.1) is 31.1 Å². The Kier molecular flexibility index (Phi) is 28.0. The topological polar surface area (TPSA) is 476 Å². The Labute approximate surface area is 464 Å². The Bertz CT molecular complexity index is 2400. The standard InChI is InChI=1S/C51H82N16O13/c1-6-27(2)40(50(80)67(25-39(71)72)33-17-18-33)64-46(76)35(15-10-20-52)61-38(70)24-58-48(78)41(29(4)68)66-49(79)42(30(5)69)65-47(77)37(22-32-23-56-26-59-32)63-45(75)36(19-16-31-12-8-7-9-13-31)62-43(73)28(3)60-44(74)34(53)14-11-21-57-51(54)55/h7-9,12-13,23,26-30,33-37,40-42,68-69H,6,10-11,14-22,24-25,52-53H2,1-5H3,(H,56,59)(H,58,78)(H,60,74)(H,61,70)(H,62,73)(H,63,75)(H,64,76)(H,65,77)(H,66,79)(H,71,72)(H4,54,55,57)/t27?,28-,29+,30+,34-,35-,36-,37-,40-,41-,42-/m0/s1. The maximum atomic E-state index is 14.2. The molecule has 0 bridgehead atoms. The van der Waals surface area contributed by atoms with Crippen LogP contribution in [0.2, 0.25) is 0 Å². The number of nitrogens with two attached hydrogens (primary N) is 4. The molecule has 0 spiro atoms. The Hall–Kier alpha value is -7.76. The summed E-state index contributed by atoms with van der Waals surface area (Å²) < 4.78 is 0. The lowest BCUT2D eigenvalue weighted by molar-refractivity contribution is -0.147. The van der Waals surface area contributed by atoms with E-state index < -0.39 is 139 Å². The highest BCUT2D eigenvalue weighted by Crippen LogP contribution is 2.28. The maximum Gasteiger partial charge on any atom is 0.323 e. The van der Waals surface area contributed by atoms with E-state index in [1.165, 1.54) is 24.3 Å². The van der Waals surface area contributed by atoms with E-state index in [-0.39, 0.29) is 63.6 Å². The lowest BCUT2D eigenvalue weighted by Gasteiger charge is -2.31. The second-order valence-corrected chi connectivity index (χ2v) is 19.9. The number of aliphatic carboxylic acids is 1. The number of aliphatic hydroxyl groups excluding tert-OH is 2. The molecule has 2 aromatic rings. The number of aromatic amines is 1. The van der Waals surface area contributed by atoms with Gasteiger partial charge in [-0.2, -0.15) is 0 Å². The van der Waals surface area contributed by atoms with Crippen molar-refractivity contribution < 1.29 is 63.3 Å². The van der Waals surface area contributed by atoms with Crippen LogP contribution < -0.4 is 65.5 Å². The number of hydrogen-bond donors (Lipinski definition) is 16.